The molecule has 2 heterocycles. The first-order valence-corrected chi connectivity index (χ1v) is 3.66. The topological polar surface area (TPSA) is 30.2 Å². The lowest BCUT2D eigenvalue weighted by atomic mass is 10.3. The number of nitrogens with zero attached hydrogens (tertiary/aromatic N) is 3. The van der Waals surface area contributed by atoms with Gasteiger partial charge in [0.25, 0.3) is 0 Å². The quantitative estimate of drug-likeness (QED) is 0.592. The summed E-state index contributed by atoms with van der Waals surface area (Å²) in [6.45, 7) is 3.49. The second kappa shape index (κ2) is 2.27. The number of aryl methyl sites for hydroxylation is 2. The van der Waals surface area contributed by atoms with Gasteiger partial charge in [-0.05, 0) is 25.5 Å². The van der Waals surface area contributed by atoms with Crippen LogP contribution in [0.5, 0.6) is 0 Å². The van der Waals surface area contributed by atoms with Crippen LogP contribution in [0.4, 0.5) is 4.39 Å². The van der Waals surface area contributed by atoms with Crippen molar-refractivity contribution in [3.63, 3.8) is 0 Å². The molecule has 0 aliphatic heterocycles. The molecule has 0 bridgehead atoms. The average Bonchev–Trinajstić information content (AvgIpc) is 2.41. The summed E-state index contributed by atoms with van der Waals surface area (Å²) in [7, 11) is 0. The van der Waals surface area contributed by atoms with Crippen LogP contribution in [0.2, 0.25) is 0 Å². The molecule has 12 heavy (non-hydrogen) atoms. The van der Waals surface area contributed by atoms with E-state index in [9.17, 15) is 4.39 Å². The van der Waals surface area contributed by atoms with Crippen molar-refractivity contribution in [2.24, 2.45) is 0 Å². The van der Waals surface area contributed by atoms with Crippen molar-refractivity contribution in [3.05, 3.63) is 29.5 Å². The van der Waals surface area contributed by atoms with E-state index in [-0.39, 0.29) is 5.82 Å². The first-order chi connectivity index (χ1) is 5.70. The van der Waals surface area contributed by atoms with Crippen LogP contribution in [0.3, 0.4) is 0 Å². The van der Waals surface area contributed by atoms with Gasteiger partial charge >= 0.3 is 0 Å². The predicted octanol–water partition coefficient (Wildman–Crippen LogP) is 1.49. The summed E-state index contributed by atoms with van der Waals surface area (Å²) in [4.78, 5) is 0. The number of pyridine rings is 1. The van der Waals surface area contributed by atoms with E-state index in [1.807, 2.05) is 0 Å². The molecule has 2 aromatic rings. The highest BCUT2D eigenvalue weighted by atomic mass is 19.1. The Balaban J connectivity index is 2.93. The fraction of sp³-hybridized carbons (Fsp3) is 0.250. The van der Waals surface area contributed by atoms with Gasteiger partial charge in [0.2, 0.25) is 0 Å². The van der Waals surface area contributed by atoms with E-state index in [0.717, 1.165) is 0 Å². The molecular weight excluding hydrogens is 157 g/mol. The maximum atomic E-state index is 13.3. The Morgan fingerprint density at radius 3 is 2.83 bits per heavy atom. The monoisotopic (exact) mass is 165 g/mol. The van der Waals surface area contributed by atoms with Crippen LogP contribution in [0.1, 0.15) is 11.4 Å². The molecule has 0 fully saturated rings. The SMILES string of the molecule is Cc1ccn2c(C)nnc2c1F. The largest absolute Gasteiger partial charge is 0.284 e. The van der Waals surface area contributed by atoms with Crippen LogP contribution < -0.4 is 0 Å². The predicted molar refractivity (Wildman–Crippen MR) is 42.4 cm³/mol. The van der Waals surface area contributed by atoms with Crippen molar-refractivity contribution in [2.45, 2.75) is 13.8 Å². The molecule has 0 aromatic carbocycles. The van der Waals surface area contributed by atoms with Gasteiger partial charge in [-0.3, -0.25) is 4.40 Å². The fourth-order valence-corrected chi connectivity index (χ4v) is 1.13. The second-order valence-corrected chi connectivity index (χ2v) is 2.75. The van der Waals surface area contributed by atoms with Crippen LogP contribution in [0.25, 0.3) is 5.65 Å². The minimum absolute atomic E-state index is 0.293. The van der Waals surface area contributed by atoms with E-state index in [0.29, 0.717) is 17.0 Å². The van der Waals surface area contributed by atoms with Crippen molar-refractivity contribution in [2.75, 3.05) is 0 Å². The molecule has 0 radical (unpaired) electrons. The minimum Gasteiger partial charge on any atom is -0.284 e. The molecule has 0 N–H and O–H groups in total. The lowest BCUT2D eigenvalue weighted by Crippen LogP contribution is -1.92. The molecule has 0 saturated heterocycles. The van der Waals surface area contributed by atoms with E-state index >= 15 is 0 Å². The molecule has 0 unspecified atom stereocenters. The summed E-state index contributed by atoms with van der Waals surface area (Å²) >= 11 is 0. The van der Waals surface area contributed by atoms with Crippen LogP contribution in [-0.4, -0.2) is 14.6 Å². The third-order valence-electron chi connectivity index (χ3n) is 1.88. The summed E-state index contributed by atoms with van der Waals surface area (Å²) < 4.78 is 14.9. The Labute approximate surface area is 68.9 Å². The lowest BCUT2D eigenvalue weighted by Gasteiger charge is -1.97. The Morgan fingerprint density at radius 2 is 2.08 bits per heavy atom. The van der Waals surface area contributed by atoms with Crippen LogP contribution in [0, 0.1) is 19.7 Å². The smallest absolute Gasteiger partial charge is 0.197 e. The lowest BCUT2D eigenvalue weighted by molar-refractivity contribution is 0.620. The van der Waals surface area contributed by atoms with Gasteiger partial charge in [0, 0.05) is 6.20 Å². The standard InChI is InChI=1S/C8H8FN3/c1-5-3-4-12-6(2)10-11-8(12)7(5)9/h3-4H,1-2H3. The van der Waals surface area contributed by atoms with Gasteiger partial charge in [-0.15, -0.1) is 10.2 Å². The summed E-state index contributed by atoms with van der Waals surface area (Å²) in [5, 5.41) is 7.49. The Morgan fingerprint density at radius 1 is 1.33 bits per heavy atom. The third kappa shape index (κ3) is 0.809. The Kier molecular flexibility index (Phi) is 1.36. The van der Waals surface area contributed by atoms with Gasteiger partial charge in [-0.1, -0.05) is 0 Å². The molecule has 2 rings (SSSR count). The molecule has 3 nitrogen and oxygen atoms in total. The summed E-state index contributed by atoms with van der Waals surface area (Å²) in [6.07, 6.45) is 1.77. The molecule has 0 saturated carbocycles. The Hall–Kier alpha value is -1.45. The number of fused-ring (bicyclic) bond motifs is 1. The zero-order chi connectivity index (χ0) is 8.72. The highest BCUT2D eigenvalue weighted by Crippen LogP contribution is 2.11. The number of halogens is 1. The van der Waals surface area contributed by atoms with Crippen LogP contribution in [-0.2, 0) is 0 Å². The van der Waals surface area contributed by atoms with Crippen molar-refractivity contribution >= 4 is 5.65 Å². The van der Waals surface area contributed by atoms with Gasteiger partial charge in [-0.25, -0.2) is 4.39 Å². The molecule has 0 spiro atoms. The van der Waals surface area contributed by atoms with Gasteiger partial charge < -0.3 is 0 Å². The first-order valence-electron chi connectivity index (χ1n) is 3.66. The van der Waals surface area contributed by atoms with Crippen molar-refractivity contribution in [1.29, 1.82) is 0 Å². The minimum atomic E-state index is -0.293. The highest BCUT2D eigenvalue weighted by molar-refractivity contribution is 5.42. The molecule has 0 atom stereocenters. The first kappa shape index (κ1) is 7.21. The van der Waals surface area contributed by atoms with Crippen molar-refractivity contribution in [3.8, 4) is 0 Å². The normalized spacial score (nSPS) is 10.9. The van der Waals surface area contributed by atoms with Gasteiger partial charge in [0.1, 0.15) is 5.82 Å². The molecule has 0 amide bonds. The van der Waals surface area contributed by atoms with E-state index in [4.69, 9.17) is 0 Å². The van der Waals surface area contributed by atoms with Crippen molar-refractivity contribution < 1.29 is 4.39 Å². The van der Waals surface area contributed by atoms with Crippen LogP contribution >= 0.6 is 0 Å². The van der Waals surface area contributed by atoms with E-state index in [1.54, 1.807) is 30.5 Å². The summed E-state index contributed by atoms with van der Waals surface area (Å²) in [5.74, 6) is 0.405. The molecular formula is C8H8FN3. The zero-order valence-electron chi connectivity index (χ0n) is 6.87. The van der Waals surface area contributed by atoms with E-state index in [2.05, 4.69) is 10.2 Å². The number of rotatable bonds is 0. The second-order valence-electron chi connectivity index (χ2n) is 2.75. The third-order valence-corrected chi connectivity index (χ3v) is 1.88. The van der Waals surface area contributed by atoms with E-state index in [1.165, 1.54) is 0 Å². The summed E-state index contributed by atoms with van der Waals surface area (Å²) in [5.41, 5.74) is 0.891. The molecule has 2 aromatic heterocycles. The number of hydrogen-bond donors (Lipinski definition) is 0. The average molecular weight is 165 g/mol. The van der Waals surface area contributed by atoms with Gasteiger partial charge in [0.15, 0.2) is 11.5 Å². The summed E-state index contributed by atoms with van der Waals surface area (Å²) in [6, 6.07) is 1.71. The van der Waals surface area contributed by atoms with Gasteiger partial charge in [-0.2, -0.15) is 0 Å². The fourth-order valence-electron chi connectivity index (χ4n) is 1.13. The molecule has 62 valence electrons. The van der Waals surface area contributed by atoms with Crippen molar-refractivity contribution in [1.82, 2.24) is 14.6 Å². The molecule has 0 aliphatic carbocycles. The maximum absolute atomic E-state index is 13.3. The van der Waals surface area contributed by atoms with Gasteiger partial charge in [0.05, 0.1) is 0 Å². The highest BCUT2D eigenvalue weighted by Gasteiger charge is 2.07. The zero-order valence-corrected chi connectivity index (χ0v) is 6.87. The maximum Gasteiger partial charge on any atom is 0.197 e. The Bertz CT molecular complexity index is 433. The number of aromatic nitrogens is 3. The molecule has 4 heteroatoms. The number of hydrogen-bond acceptors (Lipinski definition) is 2. The molecule has 0 aliphatic rings. The van der Waals surface area contributed by atoms with E-state index < -0.39 is 0 Å². The van der Waals surface area contributed by atoms with Crippen LogP contribution in [0.15, 0.2) is 12.3 Å².